The molecular weight excluding hydrogens is 234 g/mol. The molecule has 0 atom stereocenters. The minimum absolute atomic E-state index is 0.208. The van der Waals surface area contributed by atoms with Gasteiger partial charge in [0.2, 0.25) is 0 Å². The molecular formula is C14H14F2N2. The highest BCUT2D eigenvalue weighted by molar-refractivity contribution is 5.41. The van der Waals surface area contributed by atoms with Crippen LogP contribution in [0, 0.1) is 18.6 Å². The Morgan fingerprint density at radius 1 is 1.06 bits per heavy atom. The van der Waals surface area contributed by atoms with Crippen LogP contribution in [0.1, 0.15) is 11.1 Å². The lowest BCUT2D eigenvalue weighted by molar-refractivity contribution is 0.494. The first-order valence-electron chi connectivity index (χ1n) is 5.65. The molecule has 2 aromatic rings. The average molecular weight is 248 g/mol. The number of hydrazine groups is 1. The van der Waals surface area contributed by atoms with E-state index >= 15 is 0 Å². The molecule has 0 aliphatic carbocycles. The highest BCUT2D eigenvalue weighted by atomic mass is 19.2. The normalized spacial score (nSPS) is 10.4. The summed E-state index contributed by atoms with van der Waals surface area (Å²) in [6.07, 6.45) is 0. The van der Waals surface area contributed by atoms with Crippen molar-refractivity contribution in [2.45, 2.75) is 13.5 Å². The second-order valence-corrected chi connectivity index (χ2v) is 4.06. The maximum Gasteiger partial charge on any atom is 0.163 e. The van der Waals surface area contributed by atoms with Crippen LogP contribution in [0.5, 0.6) is 0 Å². The van der Waals surface area contributed by atoms with Crippen LogP contribution in [0.2, 0.25) is 0 Å². The molecule has 0 amide bonds. The summed E-state index contributed by atoms with van der Waals surface area (Å²) in [7, 11) is 0. The van der Waals surface area contributed by atoms with Crippen molar-refractivity contribution in [2.24, 2.45) is 0 Å². The highest BCUT2D eigenvalue weighted by Gasteiger charge is 2.08. The van der Waals surface area contributed by atoms with Gasteiger partial charge in [0.1, 0.15) is 0 Å². The molecule has 0 bridgehead atoms. The number of hydrogen-bond donors (Lipinski definition) is 2. The van der Waals surface area contributed by atoms with Gasteiger partial charge in [-0.1, -0.05) is 24.3 Å². The third kappa shape index (κ3) is 3.05. The summed E-state index contributed by atoms with van der Waals surface area (Å²) < 4.78 is 26.6. The van der Waals surface area contributed by atoms with Crippen LogP contribution < -0.4 is 10.9 Å². The maximum absolute atomic E-state index is 13.5. The summed E-state index contributed by atoms with van der Waals surface area (Å²) in [6, 6.07) is 12.2. The molecule has 0 saturated heterocycles. The number of rotatable bonds is 4. The zero-order chi connectivity index (χ0) is 13.0. The van der Waals surface area contributed by atoms with E-state index in [9.17, 15) is 8.78 Å². The molecule has 0 spiro atoms. The summed E-state index contributed by atoms with van der Waals surface area (Å²) in [5.74, 6) is -1.62. The Balaban J connectivity index is 1.99. The number of nitrogens with one attached hydrogen (secondary N) is 2. The van der Waals surface area contributed by atoms with E-state index in [-0.39, 0.29) is 6.54 Å². The molecule has 0 aliphatic heterocycles. The van der Waals surface area contributed by atoms with Crippen LogP contribution in [0.25, 0.3) is 0 Å². The fourth-order valence-electron chi connectivity index (χ4n) is 1.69. The first-order valence-corrected chi connectivity index (χ1v) is 5.65. The third-order valence-corrected chi connectivity index (χ3v) is 2.53. The summed E-state index contributed by atoms with van der Waals surface area (Å²) >= 11 is 0. The van der Waals surface area contributed by atoms with Crippen LogP contribution in [0.4, 0.5) is 14.5 Å². The predicted octanol–water partition coefficient (Wildman–Crippen LogP) is 3.39. The van der Waals surface area contributed by atoms with Crippen LogP contribution in [0.3, 0.4) is 0 Å². The molecule has 0 radical (unpaired) electrons. The number of anilines is 1. The first-order chi connectivity index (χ1) is 8.66. The Labute approximate surface area is 105 Å². The largest absolute Gasteiger partial charge is 0.321 e. The van der Waals surface area contributed by atoms with E-state index in [1.807, 2.05) is 30.3 Å². The molecule has 2 nitrogen and oxygen atoms in total. The second-order valence-electron chi connectivity index (χ2n) is 4.06. The van der Waals surface area contributed by atoms with Crippen molar-refractivity contribution in [3.05, 3.63) is 65.2 Å². The van der Waals surface area contributed by atoms with Gasteiger partial charge < -0.3 is 5.43 Å². The highest BCUT2D eigenvalue weighted by Crippen LogP contribution is 2.14. The summed E-state index contributed by atoms with van der Waals surface area (Å²) in [5.41, 5.74) is 7.64. The Bertz CT molecular complexity index is 527. The monoisotopic (exact) mass is 248 g/mol. The van der Waals surface area contributed by atoms with Gasteiger partial charge >= 0.3 is 0 Å². The molecule has 0 heterocycles. The van der Waals surface area contributed by atoms with Gasteiger partial charge in [0.15, 0.2) is 11.6 Å². The number of aryl methyl sites for hydroxylation is 1. The van der Waals surface area contributed by atoms with Crippen molar-refractivity contribution in [3.8, 4) is 0 Å². The topological polar surface area (TPSA) is 24.1 Å². The molecule has 94 valence electrons. The van der Waals surface area contributed by atoms with Gasteiger partial charge in [0.05, 0.1) is 0 Å². The van der Waals surface area contributed by atoms with Crippen molar-refractivity contribution in [2.75, 3.05) is 5.43 Å². The maximum atomic E-state index is 13.5. The van der Waals surface area contributed by atoms with Crippen molar-refractivity contribution in [1.29, 1.82) is 0 Å². The summed E-state index contributed by atoms with van der Waals surface area (Å²) in [6.45, 7) is 1.94. The van der Waals surface area contributed by atoms with Crippen LogP contribution in [0.15, 0.2) is 42.5 Å². The number of hydrogen-bond acceptors (Lipinski definition) is 2. The molecule has 0 aromatic heterocycles. The van der Waals surface area contributed by atoms with E-state index in [1.165, 1.54) is 6.07 Å². The van der Waals surface area contributed by atoms with E-state index in [0.29, 0.717) is 11.1 Å². The van der Waals surface area contributed by atoms with Gasteiger partial charge in [-0.25, -0.2) is 14.2 Å². The third-order valence-electron chi connectivity index (χ3n) is 2.53. The minimum Gasteiger partial charge on any atom is -0.321 e. The molecule has 18 heavy (non-hydrogen) atoms. The van der Waals surface area contributed by atoms with Crippen molar-refractivity contribution >= 4 is 5.69 Å². The molecule has 0 saturated carbocycles. The lowest BCUT2D eigenvalue weighted by Gasteiger charge is -2.10. The zero-order valence-electron chi connectivity index (χ0n) is 10.0. The van der Waals surface area contributed by atoms with Gasteiger partial charge in [-0.3, -0.25) is 0 Å². The van der Waals surface area contributed by atoms with E-state index < -0.39 is 11.6 Å². The molecule has 2 N–H and O–H groups in total. The predicted molar refractivity (Wildman–Crippen MR) is 68.0 cm³/mol. The molecule has 4 heteroatoms. The SMILES string of the molecule is Cc1cc(F)c(F)c(CNNc2ccccc2)c1. The molecule has 0 aliphatic rings. The standard InChI is InChI=1S/C14H14F2N2/c1-10-7-11(14(16)13(15)8-10)9-17-18-12-5-3-2-4-6-12/h2-8,17-18H,9H2,1H3. The number of para-hydroxylation sites is 1. The summed E-state index contributed by atoms with van der Waals surface area (Å²) in [4.78, 5) is 0. The second kappa shape index (κ2) is 5.60. The Morgan fingerprint density at radius 3 is 2.50 bits per heavy atom. The van der Waals surface area contributed by atoms with Crippen molar-refractivity contribution < 1.29 is 8.78 Å². The fourth-order valence-corrected chi connectivity index (χ4v) is 1.69. The van der Waals surface area contributed by atoms with Gasteiger partial charge in [0, 0.05) is 17.8 Å². The number of benzene rings is 2. The summed E-state index contributed by atoms with van der Waals surface area (Å²) in [5, 5.41) is 0. The Morgan fingerprint density at radius 2 is 1.78 bits per heavy atom. The average Bonchev–Trinajstić information content (AvgIpc) is 2.36. The number of halogens is 2. The van der Waals surface area contributed by atoms with Crippen LogP contribution >= 0.6 is 0 Å². The first kappa shape index (κ1) is 12.5. The quantitative estimate of drug-likeness (QED) is 0.810. The van der Waals surface area contributed by atoms with Gasteiger partial charge in [-0.2, -0.15) is 0 Å². The van der Waals surface area contributed by atoms with E-state index in [0.717, 1.165) is 5.69 Å². The van der Waals surface area contributed by atoms with Gasteiger partial charge in [0.25, 0.3) is 0 Å². The molecule has 2 aromatic carbocycles. The smallest absolute Gasteiger partial charge is 0.163 e. The molecule has 0 unspecified atom stereocenters. The zero-order valence-corrected chi connectivity index (χ0v) is 10.0. The van der Waals surface area contributed by atoms with E-state index in [2.05, 4.69) is 10.9 Å². The molecule has 2 rings (SSSR count). The Kier molecular flexibility index (Phi) is 3.89. The van der Waals surface area contributed by atoms with Crippen molar-refractivity contribution in [3.63, 3.8) is 0 Å². The van der Waals surface area contributed by atoms with E-state index in [1.54, 1.807) is 13.0 Å². The fraction of sp³-hybridized carbons (Fsp3) is 0.143. The molecule has 0 fully saturated rings. The van der Waals surface area contributed by atoms with E-state index in [4.69, 9.17) is 0 Å². The lowest BCUT2D eigenvalue weighted by Crippen LogP contribution is -2.21. The lowest BCUT2D eigenvalue weighted by atomic mass is 10.1. The Hall–Kier alpha value is -1.94. The van der Waals surface area contributed by atoms with Crippen LogP contribution in [-0.2, 0) is 6.54 Å². The van der Waals surface area contributed by atoms with Gasteiger partial charge in [-0.15, -0.1) is 0 Å². The van der Waals surface area contributed by atoms with Crippen LogP contribution in [-0.4, -0.2) is 0 Å². The minimum atomic E-state index is -0.813. The van der Waals surface area contributed by atoms with Gasteiger partial charge in [-0.05, 0) is 30.7 Å². The van der Waals surface area contributed by atoms with Crippen molar-refractivity contribution in [1.82, 2.24) is 5.43 Å².